The maximum absolute atomic E-state index is 12.1. The zero-order chi connectivity index (χ0) is 17.5. The Bertz CT molecular complexity index is 795. The van der Waals surface area contributed by atoms with Gasteiger partial charge in [0.2, 0.25) is 0 Å². The van der Waals surface area contributed by atoms with E-state index in [1.54, 1.807) is 30.3 Å². The van der Waals surface area contributed by atoms with E-state index in [0.717, 1.165) is 7.11 Å². The lowest BCUT2D eigenvalue weighted by molar-refractivity contribution is -0.149. The third kappa shape index (κ3) is 4.04. The molecule has 2 aromatic carbocycles. The Morgan fingerprint density at radius 3 is 2.21 bits per heavy atom. The Balaban J connectivity index is 2.47. The average molecular weight is 326 g/mol. The van der Waals surface area contributed by atoms with E-state index >= 15 is 0 Å². The number of hydrogen-bond acceptors (Lipinski definition) is 7. The van der Waals surface area contributed by atoms with Gasteiger partial charge in [0.25, 0.3) is 5.78 Å². The summed E-state index contributed by atoms with van der Waals surface area (Å²) in [7, 11) is 1.05. The molecule has 0 bridgehead atoms. The maximum atomic E-state index is 12.1. The zero-order valence-corrected chi connectivity index (χ0v) is 12.7. The van der Waals surface area contributed by atoms with Crippen molar-refractivity contribution in [1.82, 2.24) is 0 Å². The summed E-state index contributed by atoms with van der Waals surface area (Å²) in [6, 6.07) is 13.9. The van der Waals surface area contributed by atoms with Crippen molar-refractivity contribution in [3.8, 4) is 5.75 Å². The van der Waals surface area contributed by atoms with Gasteiger partial charge >= 0.3 is 5.97 Å². The molecule has 0 unspecified atom stereocenters. The van der Waals surface area contributed by atoms with Gasteiger partial charge in [0.1, 0.15) is 5.75 Å². The van der Waals surface area contributed by atoms with E-state index in [-0.39, 0.29) is 11.3 Å². The second-order valence-electron chi connectivity index (χ2n) is 4.60. The molecular weight excluding hydrogens is 312 g/mol. The van der Waals surface area contributed by atoms with Crippen LogP contribution in [0.4, 0.5) is 5.69 Å². The van der Waals surface area contributed by atoms with E-state index in [4.69, 9.17) is 0 Å². The third-order valence-corrected chi connectivity index (χ3v) is 2.97. The van der Waals surface area contributed by atoms with Crippen molar-refractivity contribution in [2.75, 3.05) is 7.11 Å². The molecule has 7 nitrogen and oxygen atoms in total. The van der Waals surface area contributed by atoms with Gasteiger partial charge in [-0.2, -0.15) is 5.11 Å². The number of hydrogen-bond donors (Lipinski definition) is 2. The number of phenols is 1. The molecule has 0 radical (unpaired) electrons. The Kier molecular flexibility index (Phi) is 5.40. The first-order valence-electron chi connectivity index (χ1n) is 6.85. The van der Waals surface area contributed by atoms with Gasteiger partial charge < -0.3 is 14.9 Å². The highest BCUT2D eigenvalue weighted by Crippen LogP contribution is 2.22. The lowest BCUT2D eigenvalue weighted by Crippen LogP contribution is -2.18. The van der Waals surface area contributed by atoms with Crippen molar-refractivity contribution >= 4 is 23.2 Å². The number of Topliss-reactive ketones (excluding diaryl/α,β-unsaturated/α-hetero) is 1. The fourth-order valence-corrected chi connectivity index (χ4v) is 1.75. The van der Waals surface area contributed by atoms with Crippen molar-refractivity contribution in [1.29, 1.82) is 0 Å². The minimum Gasteiger partial charge on any atom is -0.508 e. The number of aromatic hydroxyl groups is 1. The summed E-state index contributed by atoms with van der Waals surface area (Å²) >= 11 is 0. The van der Waals surface area contributed by atoms with E-state index in [1.165, 1.54) is 24.3 Å². The number of nitrogens with zero attached hydrogens (tertiary/aromatic N) is 2. The standard InChI is InChI=1S/C17H14N2O5/c1-24-17(23)16(22)14(19-18-12-5-3-2-4-6-12)15(21)11-7-9-13(20)10-8-11/h2-10,20-21H,1H3. The first-order chi connectivity index (χ1) is 11.5. The Morgan fingerprint density at radius 1 is 1.00 bits per heavy atom. The minimum atomic E-state index is -1.18. The molecule has 0 spiro atoms. The van der Waals surface area contributed by atoms with Crippen molar-refractivity contribution in [3.63, 3.8) is 0 Å². The first-order valence-corrected chi connectivity index (χ1v) is 6.85. The third-order valence-electron chi connectivity index (χ3n) is 2.97. The fourth-order valence-electron chi connectivity index (χ4n) is 1.75. The number of carbonyl (C=O) groups is 2. The molecule has 0 aliphatic rings. The van der Waals surface area contributed by atoms with Crippen LogP contribution in [0, 0.1) is 0 Å². The molecular formula is C17H14N2O5. The van der Waals surface area contributed by atoms with E-state index in [9.17, 15) is 19.8 Å². The van der Waals surface area contributed by atoms with Gasteiger partial charge in [0.15, 0.2) is 11.5 Å². The molecule has 0 aliphatic heterocycles. The van der Waals surface area contributed by atoms with Crippen LogP contribution in [-0.2, 0) is 14.3 Å². The van der Waals surface area contributed by atoms with Gasteiger partial charge in [0, 0.05) is 5.56 Å². The number of methoxy groups -OCH3 is 1. The highest BCUT2D eigenvalue weighted by atomic mass is 16.5. The van der Waals surface area contributed by atoms with E-state index in [2.05, 4.69) is 15.0 Å². The van der Waals surface area contributed by atoms with Crippen molar-refractivity contribution in [2.24, 2.45) is 10.2 Å². The number of aliphatic hydroxyl groups is 1. The number of azo groups is 1. The summed E-state index contributed by atoms with van der Waals surface area (Å²) in [5.41, 5.74) is 0.0645. The molecule has 0 heterocycles. The lowest BCUT2D eigenvalue weighted by Gasteiger charge is -2.05. The normalized spacial score (nSPS) is 11.9. The van der Waals surface area contributed by atoms with Crippen LogP contribution in [0.3, 0.4) is 0 Å². The molecule has 0 atom stereocenters. The van der Waals surface area contributed by atoms with Gasteiger partial charge in [-0.05, 0) is 36.4 Å². The fraction of sp³-hybridized carbons (Fsp3) is 0.0588. The van der Waals surface area contributed by atoms with Crippen LogP contribution < -0.4 is 0 Å². The van der Waals surface area contributed by atoms with Crippen LogP contribution in [0.1, 0.15) is 5.56 Å². The van der Waals surface area contributed by atoms with Crippen LogP contribution in [0.25, 0.3) is 5.76 Å². The monoisotopic (exact) mass is 326 g/mol. The Labute approximate surface area is 137 Å². The highest BCUT2D eigenvalue weighted by Gasteiger charge is 2.24. The summed E-state index contributed by atoms with van der Waals surface area (Å²) in [5, 5.41) is 27.1. The first kappa shape index (κ1) is 16.9. The van der Waals surface area contributed by atoms with Gasteiger partial charge in [-0.25, -0.2) is 4.79 Å². The molecule has 2 N–H and O–H groups in total. The van der Waals surface area contributed by atoms with Crippen LogP contribution in [0.5, 0.6) is 5.75 Å². The Morgan fingerprint density at radius 2 is 1.62 bits per heavy atom. The average Bonchev–Trinajstić information content (AvgIpc) is 2.62. The largest absolute Gasteiger partial charge is 0.508 e. The SMILES string of the molecule is COC(=O)C(=O)C(N=Nc1ccccc1)=C(O)c1ccc(O)cc1. The van der Waals surface area contributed by atoms with Crippen LogP contribution in [0.2, 0.25) is 0 Å². The number of phenolic OH excluding ortho intramolecular Hbond substituents is 1. The Hall–Kier alpha value is -3.48. The summed E-state index contributed by atoms with van der Waals surface area (Å²) in [5.74, 6) is -2.88. The summed E-state index contributed by atoms with van der Waals surface area (Å²) in [6.45, 7) is 0. The lowest BCUT2D eigenvalue weighted by atomic mass is 10.1. The van der Waals surface area contributed by atoms with Gasteiger partial charge in [-0.15, -0.1) is 5.11 Å². The maximum Gasteiger partial charge on any atom is 0.381 e. The molecule has 0 aromatic heterocycles. The van der Waals surface area contributed by atoms with Crippen LogP contribution >= 0.6 is 0 Å². The minimum absolute atomic E-state index is 0.0155. The number of benzene rings is 2. The molecule has 0 aliphatic carbocycles. The molecule has 2 rings (SSSR count). The molecule has 7 heteroatoms. The van der Waals surface area contributed by atoms with Crippen molar-refractivity contribution in [3.05, 3.63) is 65.9 Å². The highest BCUT2D eigenvalue weighted by molar-refractivity contribution is 6.41. The number of ketones is 1. The van der Waals surface area contributed by atoms with Gasteiger partial charge in [-0.3, -0.25) is 4.79 Å². The molecule has 0 saturated heterocycles. The summed E-state index contributed by atoms with van der Waals surface area (Å²) in [4.78, 5) is 23.6. The second kappa shape index (κ2) is 7.68. The number of carbonyl (C=O) groups excluding carboxylic acids is 2. The molecule has 24 heavy (non-hydrogen) atoms. The number of aliphatic hydroxyl groups excluding tert-OH is 1. The van der Waals surface area contributed by atoms with Crippen LogP contribution in [-0.4, -0.2) is 29.1 Å². The van der Waals surface area contributed by atoms with Gasteiger partial charge in [0.05, 0.1) is 12.8 Å². The number of ether oxygens (including phenoxy) is 1. The second-order valence-corrected chi connectivity index (χ2v) is 4.60. The predicted octanol–water partition coefficient (Wildman–Crippen LogP) is 3.14. The summed E-state index contributed by atoms with van der Waals surface area (Å²) < 4.78 is 4.37. The summed E-state index contributed by atoms with van der Waals surface area (Å²) in [6.07, 6.45) is 0. The molecule has 122 valence electrons. The van der Waals surface area contributed by atoms with Gasteiger partial charge in [-0.1, -0.05) is 18.2 Å². The van der Waals surface area contributed by atoms with Crippen LogP contribution in [0.15, 0.2) is 70.5 Å². The van der Waals surface area contributed by atoms with Crippen molar-refractivity contribution in [2.45, 2.75) is 0 Å². The predicted molar refractivity (Wildman–Crippen MR) is 85.6 cm³/mol. The molecule has 0 saturated carbocycles. The molecule has 2 aromatic rings. The van der Waals surface area contributed by atoms with E-state index in [1.807, 2.05) is 0 Å². The van der Waals surface area contributed by atoms with E-state index < -0.39 is 23.2 Å². The van der Waals surface area contributed by atoms with Crippen molar-refractivity contribution < 1.29 is 24.5 Å². The smallest absolute Gasteiger partial charge is 0.381 e. The number of esters is 1. The molecule has 0 amide bonds. The molecule has 0 fully saturated rings. The zero-order valence-electron chi connectivity index (χ0n) is 12.7. The number of rotatable bonds is 5. The quantitative estimate of drug-likeness (QED) is 0.288. The topological polar surface area (TPSA) is 109 Å². The van der Waals surface area contributed by atoms with E-state index in [0.29, 0.717) is 5.69 Å².